The van der Waals surface area contributed by atoms with Crippen molar-refractivity contribution < 1.29 is 8.42 Å². The third-order valence-corrected chi connectivity index (χ3v) is 4.49. The monoisotopic (exact) mass is 452 g/mol. The second-order valence-electron chi connectivity index (χ2n) is 5.11. The molecule has 0 aromatic rings. The Balaban J connectivity index is 0. The Kier molecular flexibility index (Phi) is 13.2. The van der Waals surface area contributed by atoms with E-state index in [-0.39, 0.29) is 28.7 Å². The quantitative estimate of drug-likeness (QED) is 0.212. The Morgan fingerprint density at radius 1 is 1.24 bits per heavy atom. The van der Waals surface area contributed by atoms with E-state index in [4.69, 9.17) is 0 Å². The predicted molar refractivity (Wildman–Crippen MR) is 104 cm³/mol. The van der Waals surface area contributed by atoms with E-state index in [1.54, 1.807) is 11.8 Å². The lowest BCUT2D eigenvalue weighted by molar-refractivity contribution is 0.584. The molecule has 6 nitrogen and oxygen atoms in total. The molecule has 0 saturated carbocycles. The lowest BCUT2D eigenvalue weighted by atomic mass is 10.2. The summed E-state index contributed by atoms with van der Waals surface area (Å²) in [6.45, 7) is 8.96. The van der Waals surface area contributed by atoms with Crippen LogP contribution in [0.3, 0.4) is 0 Å². The molecule has 0 fully saturated rings. The second kappa shape index (κ2) is 11.8. The summed E-state index contributed by atoms with van der Waals surface area (Å²) >= 11 is 1.78. The molecule has 0 aliphatic carbocycles. The van der Waals surface area contributed by atoms with Crippen LogP contribution in [0.4, 0.5) is 0 Å². The smallest absolute Gasteiger partial charge is 0.208 e. The summed E-state index contributed by atoms with van der Waals surface area (Å²) < 4.78 is 24.4. The number of rotatable bonds is 9. The van der Waals surface area contributed by atoms with Gasteiger partial charge in [0.05, 0.1) is 12.8 Å². The molecule has 9 heteroatoms. The van der Waals surface area contributed by atoms with Crippen molar-refractivity contribution in [3.05, 3.63) is 0 Å². The van der Waals surface area contributed by atoms with Crippen molar-refractivity contribution in [1.29, 1.82) is 0 Å². The van der Waals surface area contributed by atoms with Gasteiger partial charge in [-0.2, -0.15) is 11.8 Å². The maximum atomic E-state index is 10.9. The molecule has 0 rings (SSSR count). The maximum Gasteiger partial charge on any atom is 0.208 e. The van der Waals surface area contributed by atoms with Gasteiger partial charge in [-0.05, 0) is 33.4 Å². The fourth-order valence-electron chi connectivity index (χ4n) is 1.23. The van der Waals surface area contributed by atoms with Crippen molar-refractivity contribution in [1.82, 2.24) is 15.4 Å². The van der Waals surface area contributed by atoms with Gasteiger partial charge >= 0.3 is 0 Å². The van der Waals surface area contributed by atoms with Crippen LogP contribution in [0.2, 0.25) is 0 Å². The molecule has 0 atom stereocenters. The van der Waals surface area contributed by atoms with Gasteiger partial charge in [0.15, 0.2) is 5.96 Å². The number of nitrogens with zero attached hydrogens (tertiary/aromatic N) is 1. The van der Waals surface area contributed by atoms with Crippen LogP contribution in [0.15, 0.2) is 4.99 Å². The minimum atomic E-state index is -3.09. The number of halogens is 1. The van der Waals surface area contributed by atoms with Gasteiger partial charge in [0, 0.05) is 24.4 Å². The minimum absolute atomic E-state index is 0. The lowest BCUT2D eigenvalue weighted by Crippen LogP contribution is -2.39. The SMILES string of the molecule is CCNC(=NCC(C)(C)SC)NCCCNS(C)(=O)=O.I. The molecule has 0 aromatic carbocycles. The molecule has 0 spiro atoms. The molecule has 0 saturated heterocycles. The molecule has 0 aromatic heterocycles. The Morgan fingerprint density at radius 2 is 1.86 bits per heavy atom. The highest BCUT2D eigenvalue weighted by molar-refractivity contribution is 14.0. The number of hydrogen-bond donors (Lipinski definition) is 3. The first-order chi connectivity index (χ1) is 9.20. The normalized spacial score (nSPS) is 12.7. The van der Waals surface area contributed by atoms with Crippen molar-refractivity contribution >= 4 is 51.7 Å². The molecule has 0 amide bonds. The van der Waals surface area contributed by atoms with E-state index in [9.17, 15) is 8.42 Å². The minimum Gasteiger partial charge on any atom is -0.357 e. The number of guanidine groups is 1. The molecule has 128 valence electrons. The van der Waals surface area contributed by atoms with Gasteiger partial charge in [0.2, 0.25) is 10.0 Å². The summed E-state index contributed by atoms with van der Waals surface area (Å²) in [4.78, 5) is 4.54. The van der Waals surface area contributed by atoms with Gasteiger partial charge in [-0.3, -0.25) is 4.99 Å². The Hall–Kier alpha value is 0.260. The van der Waals surface area contributed by atoms with Gasteiger partial charge in [-0.15, -0.1) is 24.0 Å². The third-order valence-electron chi connectivity index (χ3n) is 2.53. The molecule has 0 unspecified atom stereocenters. The van der Waals surface area contributed by atoms with Crippen LogP contribution in [0.25, 0.3) is 0 Å². The van der Waals surface area contributed by atoms with Crippen LogP contribution in [-0.4, -0.2) is 57.8 Å². The molecule has 0 aliphatic heterocycles. The fourth-order valence-corrected chi connectivity index (χ4v) is 1.94. The topological polar surface area (TPSA) is 82.6 Å². The summed E-state index contributed by atoms with van der Waals surface area (Å²) in [7, 11) is -3.09. The standard InChI is InChI=1S/C12H28N4O2S2.HI/c1-6-13-11(15-10-12(2,3)19-4)14-8-7-9-16-20(5,17)18;/h16H,6-10H2,1-5H3,(H2,13,14,15);1H. The summed E-state index contributed by atoms with van der Waals surface area (Å²) in [5.41, 5.74) is 0. The first-order valence-electron chi connectivity index (χ1n) is 6.72. The average molecular weight is 452 g/mol. The first-order valence-corrected chi connectivity index (χ1v) is 9.84. The summed E-state index contributed by atoms with van der Waals surface area (Å²) in [6, 6.07) is 0. The lowest BCUT2D eigenvalue weighted by Gasteiger charge is -2.20. The van der Waals surface area contributed by atoms with Crippen LogP contribution < -0.4 is 15.4 Å². The highest BCUT2D eigenvalue weighted by Gasteiger charge is 2.15. The average Bonchev–Trinajstić information content (AvgIpc) is 2.34. The zero-order valence-corrected chi connectivity index (χ0v) is 17.5. The highest BCUT2D eigenvalue weighted by Crippen LogP contribution is 2.20. The molecule has 0 radical (unpaired) electrons. The molecular weight excluding hydrogens is 423 g/mol. The number of thioether (sulfide) groups is 1. The van der Waals surface area contributed by atoms with E-state index < -0.39 is 10.0 Å². The van der Waals surface area contributed by atoms with E-state index in [2.05, 4.69) is 40.5 Å². The zero-order valence-electron chi connectivity index (χ0n) is 13.5. The Bertz CT molecular complexity index is 400. The van der Waals surface area contributed by atoms with E-state index in [1.165, 1.54) is 0 Å². The number of sulfonamides is 1. The fraction of sp³-hybridized carbons (Fsp3) is 0.917. The molecular formula is C12H29IN4O2S2. The van der Waals surface area contributed by atoms with E-state index in [1.807, 2.05) is 6.92 Å². The van der Waals surface area contributed by atoms with Crippen LogP contribution in [-0.2, 0) is 10.0 Å². The number of aliphatic imine (C=N–C) groups is 1. The highest BCUT2D eigenvalue weighted by atomic mass is 127. The van der Waals surface area contributed by atoms with E-state index in [0.717, 1.165) is 25.3 Å². The summed E-state index contributed by atoms with van der Waals surface area (Å²) in [6.07, 6.45) is 3.95. The third kappa shape index (κ3) is 14.9. The summed E-state index contributed by atoms with van der Waals surface area (Å²) in [5.74, 6) is 0.772. The van der Waals surface area contributed by atoms with Crippen LogP contribution in [0, 0.1) is 0 Å². The number of nitrogens with one attached hydrogen (secondary N) is 3. The van der Waals surface area contributed by atoms with Gasteiger partial charge in [-0.25, -0.2) is 13.1 Å². The van der Waals surface area contributed by atoms with Crippen molar-refractivity contribution in [3.63, 3.8) is 0 Å². The van der Waals surface area contributed by atoms with Gasteiger partial charge in [-0.1, -0.05) is 0 Å². The summed E-state index contributed by atoms with van der Waals surface area (Å²) in [5, 5.41) is 6.38. The van der Waals surface area contributed by atoms with Crippen LogP contribution >= 0.6 is 35.7 Å². The molecule has 0 heterocycles. The Morgan fingerprint density at radius 3 is 2.33 bits per heavy atom. The van der Waals surface area contributed by atoms with Crippen LogP contribution in [0.5, 0.6) is 0 Å². The van der Waals surface area contributed by atoms with Gasteiger partial charge in [0.25, 0.3) is 0 Å². The largest absolute Gasteiger partial charge is 0.357 e. The molecule has 21 heavy (non-hydrogen) atoms. The van der Waals surface area contributed by atoms with Crippen molar-refractivity contribution in [2.75, 3.05) is 38.7 Å². The second-order valence-corrected chi connectivity index (χ2v) is 8.45. The maximum absolute atomic E-state index is 10.9. The van der Waals surface area contributed by atoms with Gasteiger partial charge < -0.3 is 10.6 Å². The van der Waals surface area contributed by atoms with Crippen molar-refractivity contribution in [2.45, 2.75) is 31.9 Å². The molecule has 0 bridgehead atoms. The molecule has 3 N–H and O–H groups in total. The van der Waals surface area contributed by atoms with Gasteiger partial charge in [0.1, 0.15) is 0 Å². The van der Waals surface area contributed by atoms with Crippen molar-refractivity contribution in [3.8, 4) is 0 Å². The van der Waals surface area contributed by atoms with E-state index in [0.29, 0.717) is 19.5 Å². The Labute approximate surface area is 150 Å². The van der Waals surface area contributed by atoms with E-state index >= 15 is 0 Å². The number of hydrogen-bond acceptors (Lipinski definition) is 4. The first kappa shape index (κ1) is 23.5. The molecule has 0 aliphatic rings. The van der Waals surface area contributed by atoms with Crippen LogP contribution in [0.1, 0.15) is 27.2 Å². The van der Waals surface area contributed by atoms with Crippen molar-refractivity contribution in [2.24, 2.45) is 4.99 Å². The zero-order chi connectivity index (χ0) is 15.6. The predicted octanol–water partition coefficient (Wildman–Crippen LogP) is 1.24.